The molecule has 12 N–H and O–H groups in total. The summed E-state index contributed by atoms with van der Waals surface area (Å²) in [5, 5.41) is 4.49. The highest BCUT2D eigenvalue weighted by Crippen LogP contribution is 2.21. The Balaban J connectivity index is 7.16. The smallest absolute Gasteiger partial charge is 0.140 e. The first-order chi connectivity index (χ1) is 22.0. The van der Waals surface area contributed by atoms with E-state index in [0.29, 0.717) is 129 Å². The van der Waals surface area contributed by atoms with E-state index in [1.807, 2.05) is 0 Å². The topological polar surface area (TPSA) is 249 Å². The number of nitrogens with zero attached hydrogens (tertiary/aromatic N) is 3. The van der Waals surface area contributed by atoms with Crippen molar-refractivity contribution in [3.05, 3.63) is 0 Å². The summed E-state index contributed by atoms with van der Waals surface area (Å²) in [7, 11) is 0. The number of carbonyl (C=O) groups is 5. The van der Waals surface area contributed by atoms with Gasteiger partial charge in [-0.05, 0) is 96.9 Å². The molecule has 0 aromatic rings. The molecule has 45 heavy (non-hydrogen) atoms. The zero-order chi connectivity index (χ0) is 33.7. The molecule has 0 aliphatic carbocycles. The largest absolute Gasteiger partial charge is 0.330 e. The molecule has 0 fully saturated rings. The van der Waals surface area contributed by atoms with Crippen molar-refractivity contribution in [2.24, 2.45) is 28.7 Å². The lowest BCUT2D eigenvalue weighted by Crippen LogP contribution is -2.73. The lowest BCUT2D eigenvalue weighted by Gasteiger charge is -2.49. The third-order valence-corrected chi connectivity index (χ3v) is 7.56. The second-order valence-corrected chi connectivity index (χ2v) is 11.3. The van der Waals surface area contributed by atoms with E-state index in [0.717, 1.165) is 31.4 Å². The quantitative estimate of drug-likeness (QED) is 0.0258. The van der Waals surface area contributed by atoms with Crippen molar-refractivity contribution in [1.29, 1.82) is 0 Å². The normalized spacial score (nSPS) is 15.1. The second-order valence-electron chi connectivity index (χ2n) is 11.3. The maximum Gasteiger partial charge on any atom is 0.140 e. The fraction of sp³-hybridized carbons (Fsp3) is 0.833. The summed E-state index contributed by atoms with van der Waals surface area (Å²) < 4.78 is 0. The molecular weight excluding hydrogens is 580 g/mol. The minimum atomic E-state index is -0.891. The van der Waals surface area contributed by atoms with E-state index < -0.39 is 30.2 Å². The predicted molar refractivity (Wildman–Crippen MR) is 176 cm³/mol. The standard InChI is InChI=1S/C30H62N10O5/c31-16-6-1-11-26(21-41)36-38(28(23-43)13-3-8-18-33)40(30(25-45)15-5-10-20-35)39(29(24-44)14-4-9-19-34)37-27(22-42)12-2-7-17-32/h21-30,36-37H,1-20,31-35H2/t26-,27-,28-,29-,30-/m0/s1. The van der Waals surface area contributed by atoms with Gasteiger partial charge in [-0.15, -0.1) is 5.12 Å². The fourth-order valence-electron chi connectivity index (χ4n) is 4.95. The molecule has 0 rings (SSSR count). The maximum absolute atomic E-state index is 12.9. The number of hydrazine groups is 4. The highest BCUT2D eigenvalue weighted by Gasteiger charge is 2.39. The molecule has 0 saturated heterocycles. The van der Waals surface area contributed by atoms with Crippen LogP contribution in [0.25, 0.3) is 0 Å². The van der Waals surface area contributed by atoms with Crippen molar-refractivity contribution >= 4 is 31.4 Å². The molecule has 262 valence electrons. The van der Waals surface area contributed by atoms with E-state index in [-0.39, 0.29) is 0 Å². The molecule has 0 spiro atoms. The van der Waals surface area contributed by atoms with Crippen LogP contribution in [0.15, 0.2) is 0 Å². The van der Waals surface area contributed by atoms with Gasteiger partial charge < -0.3 is 52.6 Å². The van der Waals surface area contributed by atoms with Crippen molar-refractivity contribution in [2.75, 3.05) is 32.7 Å². The van der Waals surface area contributed by atoms with Gasteiger partial charge in [-0.1, -0.05) is 32.1 Å². The van der Waals surface area contributed by atoms with Crippen LogP contribution in [-0.4, -0.2) is 110 Å². The molecule has 15 nitrogen and oxygen atoms in total. The van der Waals surface area contributed by atoms with Crippen molar-refractivity contribution in [1.82, 2.24) is 26.2 Å². The average molecular weight is 643 g/mol. The second kappa shape index (κ2) is 29.4. The van der Waals surface area contributed by atoms with Gasteiger partial charge >= 0.3 is 0 Å². The zero-order valence-corrected chi connectivity index (χ0v) is 27.2. The van der Waals surface area contributed by atoms with Gasteiger partial charge in [0.15, 0.2) is 0 Å². The van der Waals surface area contributed by atoms with E-state index >= 15 is 0 Å². The summed E-state index contributed by atoms with van der Waals surface area (Å²) in [4.78, 5) is 62.9. The van der Waals surface area contributed by atoms with Crippen LogP contribution in [0.2, 0.25) is 0 Å². The molecule has 5 atom stereocenters. The Kier molecular flexibility index (Phi) is 28.0. The van der Waals surface area contributed by atoms with Crippen molar-refractivity contribution in [3.8, 4) is 0 Å². The Morgan fingerprint density at radius 1 is 0.400 bits per heavy atom. The van der Waals surface area contributed by atoms with E-state index in [9.17, 15) is 24.0 Å². The number of carbonyl (C=O) groups excluding carboxylic acids is 5. The molecule has 0 saturated carbocycles. The van der Waals surface area contributed by atoms with Crippen LogP contribution < -0.4 is 39.5 Å². The zero-order valence-electron chi connectivity index (χ0n) is 27.2. The average Bonchev–Trinajstić information content (AvgIpc) is 3.06. The van der Waals surface area contributed by atoms with E-state index in [1.54, 1.807) is 0 Å². The Labute approximate surface area is 269 Å². The monoisotopic (exact) mass is 642 g/mol. The number of nitrogens with one attached hydrogen (secondary N) is 2. The molecule has 0 aromatic heterocycles. The summed E-state index contributed by atoms with van der Waals surface area (Å²) in [6.07, 6.45) is 12.1. The van der Waals surface area contributed by atoms with Crippen LogP contribution in [-0.2, 0) is 24.0 Å². The van der Waals surface area contributed by atoms with E-state index in [2.05, 4.69) is 10.9 Å². The van der Waals surface area contributed by atoms with Gasteiger partial charge in [-0.25, -0.2) is 10.9 Å². The minimum absolute atomic E-state index is 0.331. The van der Waals surface area contributed by atoms with Crippen LogP contribution in [0, 0.1) is 0 Å². The highest BCUT2D eigenvalue weighted by atomic mass is 16.2. The number of hydrogen-bond donors (Lipinski definition) is 7. The molecule has 0 radical (unpaired) electrons. The Hall–Kier alpha value is -2.05. The van der Waals surface area contributed by atoms with Crippen LogP contribution >= 0.6 is 0 Å². The Bertz CT molecular complexity index is 719. The summed E-state index contributed by atoms with van der Waals surface area (Å²) in [6, 6.07) is -4.05. The van der Waals surface area contributed by atoms with Gasteiger partial charge in [-0.3, -0.25) is 0 Å². The summed E-state index contributed by atoms with van der Waals surface area (Å²) >= 11 is 0. The number of nitrogens with two attached hydrogens (primary N) is 5. The SMILES string of the molecule is NCCCC[C@@H](C=O)NN([C@H](C=O)CCCCN)N([C@H](C=O)CCCCN)N(N[C@H](C=O)CCCCN)[C@H](C=O)CCCCN. The van der Waals surface area contributed by atoms with Gasteiger partial charge in [0.05, 0.1) is 30.2 Å². The van der Waals surface area contributed by atoms with Crippen molar-refractivity contribution in [2.45, 2.75) is 127 Å². The third-order valence-electron chi connectivity index (χ3n) is 7.56. The minimum Gasteiger partial charge on any atom is -0.330 e. The van der Waals surface area contributed by atoms with Crippen molar-refractivity contribution in [3.63, 3.8) is 0 Å². The molecule has 0 unspecified atom stereocenters. The Morgan fingerprint density at radius 2 is 0.689 bits per heavy atom. The van der Waals surface area contributed by atoms with Gasteiger partial charge in [0.25, 0.3) is 0 Å². The predicted octanol–water partition coefficient (Wildman–Crippen LogP) is -0.786. The fourth-order valence-corrected chi connectivity index (χ4v) is 4.95. The van der Waals surface area contributed by atoms with E-state index in [1.165, 1.54) is 15.4 Å². The molecule has 15 heteroatoms. The van der Waals surface area contributed by atoms with Gasteiger partial charge in [0.2, 0.25) is 0 Å². The molecule has 0 heterocycles. The first-order valence-corrected chi connectivity index (χ1v) is 16.6. The number of rotatable bonds is 34. The first-order valence-electron chi connectivity index (χ1n) is 16.6. The maximum atomic E-state index is 12.9. The number of unbranched alkanes of at least 4 members (excludes halogenated alkanes) is 5. The van der Waals surface area contributed by atoms with Gasteiger partial charge in [0, 0.05) is 0 Å². The third kappa shape index (κ3) is 18.0. The molecule has 0 aliphatic rings. The summed E-state index contributed by atoms with van der Waals surface area (Å²) in [5.74, 6) is 0. The molecule has 0 aliphatic heterocycles. The summed E-state index contributed by atoms with van der Waals surface area (Å²) in [5.41, 5.74) is 35.0. The molecule has 0 aromatic carbocycles. The van der Waals surface area contributed by atoms with Crippen LogP contribution in [0.5, 0.6) is 0 Å². The summed E-state index contributed by atoms with van der Waals surface area (Å²) in [6.45, 7) is 2.21. The van der Waals surface area contributed by atoms with Crippen molar-refractivity contribution < 1.29 is 24.0 Å². The first kappa shape index (κ1) is 43.0. The lowest BCUT2D eigenvalue weighted by molar-refractivity contribution is -0.278. The lowest BCUT2D eigenvalue weighted by atomic mass is 10.1. The van der Waals surface area contributed by atoms with Crippen LogP contribution in [0.4, 0.5) is 0 Å². The molecule has 0 bridgehead atoms. The highest BCUT2D eigenvalue weighted by molar-refractivity contribution is 5.61. The van der Waals surface area contributed by atoms with Gasteiger partial charge in [0.1, 0.15) is 31.4 Å². The molecular formula is C30H62N10O5. The van der Waals surface area contributed by atoms with E-state index in [4.69, 9.17) is 28.7 Å². The van der Waals surface area contributed by atoms with Gasteiger partial charge in [-0.2, -0.15) is 10.2 Å². The van der Waals surface area contributed by atoms with Crippen LogP contribution in [0.3, 0.4) is 0 Å². The number of hydrogen-bond acceptors (Lipinski definition) is 15. The molecule has 0 amide bonds. The Morgan fingerprint density at radius 3 is 0.956 bits per heavy atom. The number of aldehydes is 5. The van der Waals surface area contributed by atoms with Crippen LogP contribution in [0.1, 0.15) is 96.3 Å².